The fourth-order valence-corrected chi connectivity index (χ4v) is 9.75. The van der Waals surface area contributed by atoms with Crippen LogP contribution in [0.4, 0.5) is 0 Å². The summed E-state index contributed by atoms with van der Waals surface area (Å²) in [5, 5.41) is 5.54. The van der Waals surface area contributed by atoms with Gasteiger partial charge in [0, 0.05) is 27.1 Å². The van der Waals surface area contributed by atoms with Gasteiger partial charge in [-0.2, -0.15) is 0 Å². The molecule has 2 aliphatic carbocycles. The molecule has 38 heavy (non-hydrogen) atoms. The van der Waals surface area contributed by atoms with Crippen LogP contribution in [0.15, 0.2) is 97.1 Å². The van der Waals surface area contributed by atoms with E-state index in [2.05, 4.69) is 106 Å². The van der Waals surface area contributed by atoms with Crippen LogP contribution in [0.2, 0.25) is 0 Å². The van der Waals surface area contributed by atoms with Crippen molar-refractivity contribution in [1.29, 1.82) is 0 Å². The van der Waals surface area contributed by atoms with Crippen LogP contribution in [-0.4, -0.2) is 9.13 Å². The van der Waals surface area contributed by atoms with Crippen LogP contribution in [0.3, 0.4) is 0 Å². The van der Waals surface area contributed by atoms with Crippen LogP contribution < -0.4 is 0 Å². The standard InChI is InChI=1S/C36H24N2/c1-4-15-28-21(9-1)24-19-25-22-10-2-5-16-29(22)38-31-18-8-12-23-20-11-7-14-26(20)36(32(23)31)27-13-3-6-17-30(27)37(28)34(24)33(36)35(25)38/h1-6,8-10,12-13,15-20,26H,7,11,14H2. The predicted molar refractivity (Wildman–Crippen MR) is 155 cm³/mol. The van der Waals surface area contributed by atoms with Gasteiger partial charge < -0.3 is 9.13 Å². The summed E-state index contributed by atoms with van der Waals surface area (Å²) in [7, 11) is 0. The average molecular weight is 485 g/mol. The van der Waals surface area contributed by atoms with E-state index >= 15 is 0 Å². The van der Waals surface area contributed by atoms with Gasteiger partial charge in [0.25, 0.3) is 0 Å². The summed E-state index contributed by atoms with van der Waals surface area (Å²) in [5.74, 6) is 1.24. The summed E-state index contributed by atoms with van der Waals surface area (Å²) in [5.41, 5.74) is 14.5. The van der Waals surface area contributed by atoms with Crippen molar-refractivity contribution in [3.05, 3.63) is 119 Å². The molecule has 2 aromatic heterocycles. The Labute approximate surface area is 219 Å². The number of fused-ring (bicyclic) bond motifs is 11. The molecule has 3 atom stereocenters. The van der Waals surface area contributed by atoms with Crippen LogP contribution >= 0.6 is 0 Å². The van der Waals surface area contributed by atoms with E-state index in [1.807, 2.05) is 0 Å². The first-order valence-electron chi connectivity index (χ1n) is 14.1. The van der Waals surface area contributed by atoms with Crippen molar-refractivity contribution in [2.24, 2.45) is 5.92 Å². The maximum atomic E-state index is 2.63. The number of rotatable bonds is 0. The molecule has 0 saturated heterocycles. The van der Waals surface area contributed by atoms with E-state index in [1.165, 1.54) is 79.8 Å². The molecule has 2 heteroatoms. The van der Waals surface area contributed by atoms with Crippen molar-refractivity contribution < 1.29 is 0 Å². The second kappa shape index (κ2) is 5.89. The monoisotopic (exact) mass is 484 g/mol. The highest BCUT2D eigenvalue weighted by molar-refractivity contribution is 6.23. The quantitative estimate of drug-likeness (QED) is 0.204. The van der Waals surface area contributed by atoms with Crippen LogP contribution in [0.1, 0.15) is 47.4 Å². The lowest BCUT2D eigenvalue weighted by molar-refractivity contribution is 0.383. The van der Waals surface area contributed by atoms with Gasteiger partial charge in [0.15, 0.2) is 0 Å². The van der Waals surface area contributed by atoms with Crippen molar-refractivity contribution in [2.45, 2.75) is 30.6 Å². The zero-order valence-electron chi connectivity index (χ0n) is 20.9. The molecule has 5 aromatic carbocycles. The van der Waals surface area contributed by atoms with Crippen LogP contribution in [-0.2, 0) is 5.41 Å². The Morgan fingerprint density at radius 2 is 1.24 bits per heavy atom. The topological polar surface area (TPSA) is 9.86 Å². The van der Waals surface area contributed by atoms with Gasteiger partial charge in [-0.3, -0.25) is 0 Å². The molecule has 3 unspecified atom stereocenters. The molecular weight excluding hydrogens is 460 g/mol. The van der Waals surface area contributed by atoms with Gasteiger partial charge in [0.05, 0.1) is 38.9 Å². The van der Waals surface area contributed by atoms with Gasteiger partial charge in [0.1, 0.15) is 0 Å². The van der Waals surface area contributed by atoms with E-state index in [-0.39, 0.29) is 5.41 Å². The van der Waals surface area contributed by atoms with Gasteiger partial charge in [-0.25, -0.2) is 0 Å². The highest BCUT2D eigenvalue weighted by Crippen LogP contribution is 2.70. The Morgan fingerprint density at radius 3 is 2.03 bits per heavy atom. The molecule has 1 fully saturated rings. The number of hydrogen-bond donors (Lipinski definition) is 0. The van der Waals surface area contributed by atoms with Gasteiger partial charge in [0.2, 0.25) is 0 Å². The highest BCUT2D eigenvalue weighted by Gasteiger charge is 2.61. The molecule has 1 saturated carbocycles. The normalized spacial score (nSPS) is 23.6. The Balaban J connectivity index is 1.56. The second-order valence-corrected chi connectivity index (χ2v) is 12.0. The summed E-state index contributed by atoms with van der Waals surface area (Å²) < 4.78 is 5.24. The molecule has 0 radical (unpaired) electrons. The Kier molecular flexibility index (Phi) is 2.92. The minimum Gasteiger partial charge on any atom is -0.309 e. The minimum absolute atomic E-state index is 0.101. The van der Waals surface area contributed by atoms with E-state index < -0.39 is 0 Å². The van der Waals surface area contributed by atoms with Gasteiger partial charge >= 0.3 is 0 Å². The highest BCUT2D eigenvalue weighted by atomic mass is 15.1. The van der Waals surface area contributed by atoms with E-state index in [9.17, 15) is 0 Å². The molecule has 4 heterocycles. The van der Waals surface area contributed by atoms with Gasteiger partial charge in [-0.15, -0.1) is 0 Å². The number of aromatic nitrogens is 2. The van der Waals surface area contributed by atoms with Crippen LogP contribution in [0.5, 0.6) is 0 Å². The Morgan fingerprint density at radius 1 is 0.579 bits per heavy atom. The summed E-state index contributed by atoms with van der Waals surface area (Å²) in [6, 6.07) is 37.3. The first kappa shape index (κ1) is 18.9. The van der Waals surface area contributed by atoms with E-state index in [0.717, 1.165) is 0 Å². The van der Waals surface area contributed by atoms with Crippen molar-refractivity contribution in [2.75, 3.05) is 0 Å². The summed E-state index contributed by atoms with van der Waals surface area (Å²) >= 11 is 0. The predicted octanol–water partition coefficient (Wildman–Crippen LogP) is 8.74. The van der Waals surface area contributed by atoms with E-state index in [1.54, 1.807) is 16.7 Å². The largest absolute Gasteiger partial charge is 0.309 e. The van der Waals surface area contributed by atoms with Crippen LogP contribution in [0.25, 0.3) is 55.0 Å². The van der Waals surface area contributed by atoms with Gasteiger partial charge in [-0.05, 0) is 71.7 Å². The number of nitrogens with zero attached hydrogens (tertiary/aromatic N) is 2. The molecule has 1 spiro atoms. The Hall–Kier alpha value is -4.30. The lowest BCUT2D eigenvalue weighted by Gasteiger charge is -2.46. The zero-order chi connectivity index (χ0) is 24.3. The zero-order valence-corrected chi connectivity index (χ0v) is 20.9. The first-order valence-corrected chi connectivity index (χ1v) is 14.1. The third kappa shape index (κ3) is 1.70. The molecule has 178 valence electrons. The fraction of sp³-hybridized carbons (Fsp3) is 0.167. The number of hydrogen-bond acceptors (Lipinski definition) is 0. The number of para-hydroxylation sites is 3. The second-order valence-electron chi connectivity index (χ2n) is 12.0. The maximum absolute atomic E-state index is 2.63. The third-order valence-electron chi connectivity index (χ3n) is 10.7. The fourth-order valence-electron chi connectivity index (χ4n) is 9.75. The lowest BCUT2D eigenvalue weighted by Crippen LogP contribution is -2.41. The third-order valence-corrected chi connectivity index (χ3v) is 10.7. The molecule has 11 rings (SSSR count). The minimum atomic E-state index is -0.101. The molecule has 7 aromatic rings. The van der Waals surface area contributed by atoms with Crippen molar-refractivity contribution in [3.63, 3.8) is 0 Å². The van der Waals surface area contributed by atoms with Gasteiger partial charge in [-0.1, -0.05) is 73.2 Å². The SMILES string of the molecule is c1ccc2c(c1)-n1c3ccccc3c3cc4c5ccccc5n5c4c(c31)C21c2c(cccc2-5)C2CCCC21. The molecule has 2 aliphatic heterocycles. The molecule has 0 bridgehead atoms. The first-order chi connectivity index (χ1) is 18.9. The summed E-state index contributed by atoms with van der Waals surface area (Å²) in [6.07, 6.45) is 3.93. The lowest BCUT2D eigenvalue weighted by atomic mass is 9.60. The van der Waals surface area contributed by atoms with Crippen LogP contribution in [0, 0.1) is 5.92 Å². The van der Waals surface area contributed by atoms with E-state index in [4.69, 9.17) is 0 Å². The van der Waals surface area contributed by atoms with Crippen molar-refractivity contribution in [3.8, 4) is 11.4 Å². The molecule has 0 N–H and O–H groups in total. The number of benzene rings is 5. The molecule has 4 aliphatic rings. The molecule has 0 amide bonds. The Bertz CT molecular complexity index is 2230. The molecular formula is C36H24N2. The van der Waals surface area contributed by atoms with Crippen molar-refractivity contribution >= 4 is 43.6 Å². The molecule has 2 nitrogen and oxygen atoms in total. The van der Waals surface area contributed by atoms with E-state index in [0.29, 0.717) is 11.8 Å². The maximum Gasteiger partial charge on any atom is 0.0607 e. The summed E-state index contributed by atoms with van der Waals surface area (Å²) in [6.45, 7) is 0. The average Bonchev–Trinajstić information content (AvgIpc) is 3.72. The van der Waals surface area contributed by atoms with Crippen molar-refractivity contribution in [1.82, 2.24) is 9.13 Å². The smallest absolute Gasteiger partial charge is 0.0607 e. The summed E-state index contributed by atoms with van der Waals surface area (Å²) in [4.78, 5) is 0.